The van der Waals surface area contributed by atoms with Crippen LogP contribution in [0, 0.1) is 11.3 Å². The second kappa shape index (κ2) is 7.37. The van der Waals surface area contributed by atoms with Gasteiger partial charge in [0.25, 0.3) is 5.91 Å². The Kier molecular flexibility index (Phi) is 5.80. The van der Waals surface area contributed by atoms with Crippen LogP contribution in [-0.4, -0.2) is 34.9 Å². The number of hydrogen-bond donors (Lipinski definition) is 1. The number of nitrogens with one attached hydrogen (secondary N) is 1. The molecule has 5 heteroatoms. The molecule has 102 valence electrons. The van der Waals surface area contributed by atoms with E-state index in [0.29, 0.717) is 18.5 Å². The van der Waals surface area contributed by atoms with E-state index < -0.39 is 0 Å². The van der Waals surface area contributed by atoms with E-state index in [0.717, 1.165) is 12.2 Å². The van der Waals surface area contributed by atoms with Gasteiger partial charge in [0.15, 0.2) is 0 Å². The molecule has 0 saturated heterocycles. The summed E-state index contributed by atoms with van der Waals surface area (Å²) < 4.78 is 0. The molecular weight excluding hydrogens is 240 g/mol. The van der Waals surface area contributed by atoms with Gasteiger partial charge in [0.05, 0.1) is 23.7 Å². The van der Waals surface area contributed by atoms with Gasteiger partial charge in [0.2, 0.25) is 0 Å². The zero-order valence-corrected chi connectivity index (χ0v) is 11.7. The lowest BCUT2D eigenvalue weighted by molar-refractivity contribution is 0.0711. The van der Waals surface area contributed by atoms with Crippen LogP contribution in [0.2, 0.25) is 0 Å². The number of nitriles is 1. The highest BCUT2D eigenvalue weighted by Crippen LogP contribution is 2.17. The smallest absolute Gasteiger partial charge is 0.257 e. The van der Waals surface area contributed by atoms with Gasteiger partial charge < -0.3 is 10.2 Å². The minimum atomic E-state index is -0.0886. The standard InChI is InChI=1S/C14H20N4O/c1-4-17-13-6-8-16-10-12(13)14(19)18(11(2)3)9-5-7-15/h6,8,10-11H,4-5,9H2,1-3H3,(H,16,17). The topological polar surface area (TPSA) is 69.0 Å². The maximum Gasteiger partial charge on any atom is 0.257 e. The molecule has 0 aliphatic heterocycles. The predicted molar refractivity (Wildman–Crippen MR) is 74.8 cm³/mol. The van der Waals surface area contributed by atoms with Gasteiger partial charge in [-0.1, -0.05) is 0 Å². The first-order valence-electron chi connectivity index (χ1n) is 6.47. The average Bonchev–Trinajstić information content (AvgIpc) is 2.39. The Balaban J connectivity index is 2.99. The van der Waals surface area contributed by atoms with E-state index in [9.17, 15) is 4.79 Å². The number of pyridine rings is 1. The van der Waals surface area contributed by atoms with Gasteiger partial charge in [-0.25, -0.2) is 0 Å². The zero-order chi connectivity index (χ0) is 14.3. The van der Waals surface area contributed by atoms with E-state index in [4.69, 9.17) is 5.26 Å². The molecule has 19 heavy (non-hydrogen) atoms. The lowest BCUT2D eigenvalue weighted by Crippen LogP contribution is -2.38. The Labute approximate surface area is 114 Å². The second-order valence-electron chi connectivity index (χ2n) is 4.45. The first kappa shape index (κ1) is 15.0. The number of aromatic nitrogens is 1. The van der Waals surface area contributed by atoms with Gasteiger partial charge in [-0.3, -0.25) is 9.78 Å². The Morgan fingerprint density at radius 1 is 1.58 bits per heavy atom. The number of hydrogen-bond acceptors (Lipinski definition) is 4. The van der Waals surface area contributed by atoms with Crippen molar-refractivity contribution in [3.05, 3.63) is 24.0 Å². The van der Waals surface area contributed by atoms with E-state index >= 15 is 0 Å². The van der Waals surface area contributed by atoms with Gasteiger partial charge in [0, 0.05) is 31.5 Å². The van der Waals surface area contributed by atoms with Crippen LogP contribution in [0.3, 0.4) is 0 Å². The van der Waals surface area contributed by atoms with Crippen molar-refractivity contribution in [3.63, 3.8) is 0 Å². The summed E-state index contributed by atoms with van der Waals surface area (Å²) in [5.41, 5.74) is 1.33. The van der Waals surface area contributed by atoms with E-state index in [-0.39, 0.29) is 11.9 Å². The maximum atomic E-state index is 12.5. The highest BCUT2D eigenvalue weighted by atomic mass is 16.2. The van der Waals surface area contributed by atoms with E-state index in [2.05, 4.69) is 16.4 Å². The number of rotatable bonds is 6. The Hall–Kier alpha value is -2.09. The highest BCUT2D eigenvalue weighted by molar-refractivity contribution is 5.99. The van der Waals surface area contributed by atoms with Crippen LogP contribution in [0.15, 0.2) is 18.5 Å². The monoisotopic (exact) mass is 260 g/mol. The minimum Gasteiger partial charge on any atom is -0.385 e. The first-order chi connectivity index (χ1) is 9.11. The van der Waals surface area contributed by atoms with Crippen LogP contribution in [0.4, 0.5) is 5.69 Å². The summed E-state index contributed by atoms with van der Waals surface area (Å²) in [5.74, 6) is -0.0886. The summed E-state index contributed by atoms with van der Waals surface area (Å²) in [6.45, 7) is 7.04. The molecule has 0 aliphatic rings. The molecule has 0 radical (unpaired) electrons. The molecule has 0 aliphatic carbocycles. The summed E-state index contributed by atoms with van der Waals surface area (Å²) in [5, 5.41) is 11.8. The molecule has 1 amide bonds. The van der Waals surface area contributed by atoms with Gasteiger partial charge >= 0.3 is 0 Å². The van der Waals surface area contributed by atoms with Crippen LogP contribution in [0.1, 0.15) is 37.6 Å². The van der Waals surface area contributed by atoms with Gasteiger partial charge in [-0.15, -0.1) is 0 Å². The number of nitrogens with zero attached hydrogens (tertiary/aromatic N) is 3. The van der Waals surface area contributed by atoms with Crippen LogP contribution in [0.25, 0.3) is 0 Å². The largest absolute Gasteiger partial charge is 0.385 e. The molecule has 1 rings (SSSR count). The Morgan fingerprint density at radius 2 is 2.32 bits per heavy atom. The van der Waals surface area contributed by atoms with Gasteiger partial charge in [-0.2, -0.15) is 5.26 Å². The van der Waals surface area contributed by atoms with Crippen molar-refractivity contribution in [2.75, 3.05) is 18.4 Å². The quantitative estimate of drug-likeness (QED) is 0.852. The van der Waals surface area contributed by atoms with E-state index in [1.165, 1.54) is 0 Å². The van der Waals surface area contributed by atoms with Crippen LogP contribution in [-0.2, 0) is 0 Å². The summed E-state index contributed by atoms with van der Waals surface area (Å²) in [6, 6.07) is 3.92. The summed E-state index contributed by atoms with van der Waals surface area (Å²) >= 11 is 0. The summed E-state index contributed by atoms with van der Waals surface area (Å²) in [7, 11) is 0. The lowest BCUT2D eigenvalue weighted by atomic mass is 10.1. The second-order valence-corrected chi connectivity index (χ2v) is 4.45. The fourth-order valence-corrected chi connectivity index (χ4v) is 1.83. The molecule has 0 saturated carbocycles. The van der Waals surface area contributed by atoms with Crippen molar-refractivity contribution in [2.24, 2.45) is 0 Å². The van der Waals surface area contributed by atoms with Crippen molar-refractivity contribution in [3.8, 4) is 6.07 Å². The zero-order valence-electron chi connectivity index (χ0n) is 11.7. The third-order valence-electron chi connectivity index (χ3n) is 2.77. The maximum absolute atomic E-state index is 12.5. The van der Waals surface area contributed by atoms with Gasteiger partial charge in [-0.05, 0) is 26.8 Å². The molecular formula is C14H20N4O. The number of carbonyl (C=O) groups is 1. The Morgan fingerprint density at radius 3 is 2.89 bits per heavy atom. The summed E-state index contributed by atoms with van der Waals surface area (Å²) in [6.07, 6.45) is 3.56. The molecule has 1 aromatic heterocycles. The van der Waals surface area contributed by atoms with Crippen molar-refractivity contribution in [1.82, 2.24) is 9.88 Å². The summed E-state index contributed by atoms with van der Waals surface area (Å²) in [4.78, 5) is 18.2. The minimum absolute atomic E-state index is 0.0514. The number of anilines is 1. The molecule has 5 nitrogen and oxygen atoms in total. The first-order valence-corrected chi connectivity index (χ1v) is 6.47. The van der Waals surface area contributed by atoms with Crippen molar-refractivity contribution in [2.45, 2.75) is 33.2 Å². The van der Waals surface area contributed by atoms with Crippen LogP contribution >= 0.6 is 0 Å². The normalized spacial score (nSPS) is 10.1. The highest BCUT2D eigenvalue weighted by Gasteiger charge is 2.21. The average molecular weight is 260 g/mol. The molecule has 0 atom stereocenters. The molecule has 0 spiro atoms. The Bertz CT molecular complexity index is 465. The van der Waals surface area contributed by atoms with Crippen molar-refractivity contribution in [1.29, 1.82) is 5.26 Å². The van der Waals surface area contributed by atoms with E-state index in [1.807, 2.05) is 20.8 Å². The number of amides is 1. The van der Waals surface area contributed by atoms with Crippen LogP contribution < -0.4 is 5.32 Å². The fraction of sp³-hybridized carbons (Fsp3) is 0.500. The lowest BCUT2D eigenvalue weighted by Gasteiger charge is -2.26. The molecule has 1 aromatic rings. The third kappa shape index (κ3) is 3.95. The molecule has 0 bridgehead atoms. The van der Waals surface area contributed by atoms with Gasteiger partial charge in [0.1, 0.15) is 0 Å². The molecule has 0 fully saturated rings. The molecule has 1 heterocycles. The van der Waals surface area contributed by atoms with E-state index in [1.54, 1.807) is 23.4 Å². The molecule has 1 N–H and O–H groups in total. The van der Waals surface area contributed by atoms with Crippen molar-refractivity contribution < 1.29 is 4.79 Å². The van der Waals surface area contributed by atoms with Crippen molar-refractivity contribution >= 4 is 11.6 Å². The fourth-order valence-electron chi connectivity index (χ4n) is 1.83. The number of carbonyl (C=O) groups excluding carboxylic acids is 1. The SMILES string of the molecule is CCNc1ccncc1C(=O)N(CCC#N)C(C)C. The van der Waals surface area contributed by atoms with Crippen LogP contribution in [0.5, 0.6) is 0 Å². The molecule has 0 unspecified atom stereocenters. The predicted octanol–water partition coefficient (Wildman–Crippen LogP) is 2.28. The third-order valence-corrected chi connectivity index (χ3v) is 2.77. The molecule has 0 aromatic carbocycles.